The molecule has 0 bridgehead atoms. The molecule has 0 radical (unpaired) electrons. The Morgan fingerprint density at radius 1 is 0.545 bits per heavy atom. The first-order valence-corrected chi connectivity index (χ1v) is 6.84. The van der Waals surface area contributed by atoms with Crippen LogP contribution >= 0.6 is 0 Å². The van der Waals surface area contributed by atoms with E-state index in [4.69, 9.17) is 9.97 Å². The van der Waals surface area contributed by atoms with Gasteiger partial charge in [-0.25, -0.2) is 9.97 Å². The Kier molecular flexibility index (Phi) is 3.01. The molecular formula is C17H11N5. The van der Waals surface area contributed by atoms with E-state index in [1.54, 1.807) is 37.2 Å². The summed E-state index contributed by atoms with van der Waals surface area (Å²) in [6.07, 6.45) is 10.5. The summed E-state index contributed by atoms with van der Waals surface area (Å²) in [5, 5.41) is 0. The molecule has 4 rings (SSSR count). The molecule has 0 saturated heterocycles. The van der Waals surface area contributed by atoms with Crippen LogP contribution in [0.5, 0.6) is 0 Å². The molecule has 5 nitrogen and oxygen atoms in total. The molecule has 0 aromatic carbocycles. The monoisotopic (exact) mass is 285 g/mol. The molecule has 4 aromatic rings. The van der Waals surface area contributed by atoms with Crippen LogP contribution in [0.15, 0.2) is 67.5 Å². The van der Waals surface area contributed by atoms with Gasteiger partial charge in [-0.05, 0) is 30.3 Å². The normalized spacial score (nSPS) is 10.7. The first kappa shape index (κ1) is 12.5. The molecule has 22 heavy (non-hydrogen) atoms. The minimum Gasteiger partial charge on any atom is -0.264 e. The van der Waals surface area contributed by atoms with Crippen molar-refractivity contribution >= 4 is 11.0 Å². The standard InChI is InChI=1S/C17H11N5/c1-3-12(9-18-6-1)16-17(13-4-2-7-19-10-13)22-15-11-20-8-5-14(15)21-16/h1-11H. The maximum absolute atomic E-state index is 4.75. The lowest BCUT2D eigenvalue weighted by Gasteiger charge is -2.09. The quantitative estimate of drug-likeness (QED) is 0.566. The average Bonchev–Trinajstić information content (AvgIpc) is 2.62. The van der Waals surface area contributed by atoms with Crippen molar-refractivity contribution in [2.45, 2.75) is 0 Å². The molecule has 0 amide bonds. The Hall–Kier alpha value is -3.21. The summed E-state index contributed by atoms with van der Waals surface area (Å²) >= 11 is 0. The number of nitrogens with zero attached hydrogens (tertiary/aromatic N) is 5. The zero-order valence-electron chi connectivity index (χ0n) is 11.6. The number of rotatable bonds is 2. The largest absolute Gasteiger partial charge is 0.264 e. The first-order chi connectivity index (χ1) is 10.9. The summed E-state index contributed by atoms with van der Waals surface area (Å²) in [6, 6.07) is 9.58. The topological polar surface area (TPSA) is 64.5 Å². The van der Waals surface area contributed by atoms with E-state index in [2.05, 4.69) is 15.0 Å². The fourth-order valence-electron chi connectivity index (χ4n) is 2.31. The molecule has 0 fully saturated rings. The second kappa shape index (κ2) is 5.29. The zero-order valence-corrected chi connectivity index (χ0v) is 11.6. The van der Waals surface area contributed by atoms with Gasteiger partial charge in [-0.15, -0.1) is 0 Å². The minimum absolute atomic E-state index is 0.758. The SMILES string of the molecule is c1cncc(-c2nc3ccncc3nc2-c2cccnc2)c1. The van der Waals surface area contributed by atoms with Crippen molar-refractivity contribution in [3.05, 3.63) is 67.5 Å². The third kappa shape index (κ3) is 2.18. The van der Waals surface area contributed by atoms with Crippen LogP contribution in [0.2, 0.25) is 0 Å². The third-order valence-electron chi connectivity index (χ3n) is 3.34. The lowest BCUT2D eigenvalue weighted by atomic mass is 10.1. The van der Waals surface area contributed by atoms with Gasteiger partial charge in [-0.1, -0.05) is 0 Å². The van der Waals surface area contributed by atoms with E-state index in [9.17, 15) is 0 Å². The van der Waals surface area contributed by atoms with E-state index in [-0.39, 0.29) is 0 Å². The molecule has 4 aromatic heterocycles. The Labute approximate surface area is 126 Å². The molecule has 0 unspecified atom stereocenters. The van der Waals surface area contributed by atoms with Gasteiger partial charge in [0.25, 0.3) is 0 Å². The van der Waals surface area contributed by atoms with Gasteiger partial charge in [0.15, 0.2) is 0 Å². The first-order valence-electron chi connectivity index (χ1n) is 6.84. The Balaban J connectivity index is 2.04. The van der Waals surface area contributed by atoms with E-state index >= 15 is 0 Å². The summed E-state index contributed by atoms with van der Waals surface area (Å²) in [5.74, 6) is 0. The number of hydrogen-bond acceptors (Lipinski definition) is 5. The molecule has 0 N–H and O–H groups in total. The molecule has 0 atom stereocenters. The van der Waals surface area contributed by atoms with Crippen LogP contribution in [-0.4, -0.2) is 24.9 Å². The zero-order chi connectivity index (χ0) is 14.8. The number of aromatic nitrogens is 5. The van der Waals surface area contributed by atoms with Gasteiger partial charge in [0.05, 0.1) is 23.1 Å². The van der Waals surface area contributed by atoms with Crippen molar-refractivity contribution in [1.82, 2.24) is 24.9 Å². The van der Waals surface area contributed by atoms with Crippen molar-refractivity contribution < 1.29 is 0 Å². The Morgan fingerprint density at radius 2 is 1.14 bits per heavy atom. The smallest absolute Gasteiger partial charge is 0.108 e. The maximum Gasteiger partial charge on any atom is 0.108 e. The fraction of sp³-hybridized carbons (Fsp3) is 0. The molecule has 0 spiro atoms. The van der Waals surface area contributed by atoms with Crippen LogP contribution in [0.3, 0.4) is 0 Å². The van der Waals surface area contributed by atoms with Crippen molar-refractivity contribution in [3.63, 3.8) is 0 Å². The summed E-state index contributed by atoms with van der Waals surface area (Å²) in [4.78, 5) is 22.0. The highest BCUT2D eigenvalue weighted by atomic mass is 14.9. The highest BCUT2D eigenvalue weighted by molar-refractivity contribution is 5.85. The second-order valence-electron chi connectivity index (χ2n) is 4.77. The van der Waals surface area contributed by atoms with Gasteiger partial charge in [-0.2, -0.15) is 0 Å². The van der Waals surface area contributed by atoms with Crippen molar-refractivity contribution in [2.24, 2.45) is 0 Å². The lowest BCUT2D eigenvalue weighted by molar-refractivity contribution is 1.23. The molecule has 4 heterocycles. The predicted molar refractivity (Wildman–Crippen MR) is 83.8 cm³/mol. The van der Waals surface area contributed by atoms with Crippen LogP contribution in [0.4, 0.5) is 0 Å². The van der Waals surface area contributed by atoms with Crippen LogP contribution in [0.1, 0.15) is 0 Å². The molecular weight excluding hydrogens is 274 g/mol. The summed E-state index contributed by atoms with van der Waals surface area (Å²) in [7, 11) is 0. The summed E-state index contributed by atoms with van der Waals surface area (Å²) in [5.41, 5.74) is 4.98. The van der Waals surface area contributed by atoms with Gasteiger partial charge in [0.2, 0.25) is 0 Å². The van der Waals surface area contributed by atoms with Crippen molar-refractivity contribution in [2.75, 3.05) is 0 Å². The minimum atomic E-state index is 0.758. The van der Waals surface area contributed by atoms with E-state index < -0.39 is 0 Å². The van der Waals surface area contributed by atoms with Gasteiger partial charge in [-0.3, -0.25) is 15.0 Å². The lowest BCUT2D eigenvalue weighted by Crippen LogP contribution is -1.96. The third-order valence-corrected chi connectivity index (χ3v) is 3.34. The van der Waals surface area contributed by atoms with Crippen molar-refractivity contribution in [1.29, 1.82) is 0 Å². The van der Waals surface area contributed by atoms with E-state index in [0.29, 0.717) is 0 Å². The van der Waals surface area contributed by atoms with Gasteiger partial charge < -0.3 is 0 Å². The van der Waals surface area contributed by atoms with Gasteiger partial charge in [0.1, 0.15) is 5.52 Å². The molecule has 5 heteroatoms. The van der Waals surface area contributed by atoms with Crippen LogP contribution in [-0.2, 0) is 0 Å². The molecule has 0 aliphatic rings. The average molecular weight is 285 g/mol. The van der Waals surface area contributed by atoms with Crippen LogP contribution in [0, 0.1) is 0 Å². The van der Waals surface area contributed by atoms with E-state index in [0.717, 1.165) is 33.5 Å². The summed E-state index contributed by atoms with van der Waals surface area (Å²) in [6.45, 7) is 0. The van der Waals surface area contributed by atoms with Gasteiger partial charge >= 0.3 is 0 Å². The highest BCUT2D eigenvalue weighted by Gasteiger charge is 2.13. The van der Waals surface area contributed by atoms with E-state index in [1.165, 1.54) is 0 Å². The van der Waals surface area contributed by atoms with Crippen molar-refractivity contribution in [3.8, 4) is 22.5 Å². The van der Waals surface area contributed by atoms with E-state index in [1.807, 2.05) is 30.3 Å². The van der Waals surface area contributed by atoms with Gasteiger partial charge in [0, 0.05) is 42.1 Å². The number of pyridine rings is 3. The second-order valence-corrected chi connectivity index (χ2v) is 4.77. The maximum atomic E-state index is 4.75. The molecule has 0 aliphatic carbocycles. The molecule has 104 valence electrons. The van der Waals surface area contributed by atoms with Crippen LogP contribution < -0.4 is 0 Å². The summed E-state index contributed by atoms with van der Waals surface area (Å²) < 4.78 is 0. The highest BCUT2D eigenvalue weighted by Crippen LogP contribution is 2.29. The van der Waals surface area contributed by atoms with Crippen LogP contribution in [0.25, 0.3) is 33.5 Å². The number of hydrogen-bond donors (Lipinski definition) is 0. The Bertz CT molecular complexity index is 845. The fourth-order valence-corrected chi connectivity index (χ4v) is 2.31. The molecule has 0 saturated carbocycles. The Morgan fingerprint density at radius 3 is 1.73 bits per heavy atom. The predicted octanol–water partition coefficient (Wildman–Crippen LogP) is 3.15. The molecule has 0 aliphatic heterocycles. The number of fused-ring (bicyclic) bond motifs is 1.